The first-order valence-electron chi connectivity index (χ1n) is 6.44. The van der Waals surface area contributed by atoms with Gasteiger partial charge in [0, 0.05) is 20.7 Å². The Labute approximate surface area is 111 Å². The lowest BCUT2D eigenvalue weighted by Gasteiger charge is -2.28. The van der Waals surface area contributed by atoms with Gasteiger partial charge in [-0.25, -0.2) is 4.98 Å². The summed E-state index contributed by atoms with van der Waals surface area (Å²) in [7, 11) is 3.84. The molecule has 2 aromatic rings. The molecule has 19 heavy (non-hydrogen) atoms. The second-order valence-corrected chi connectivity index (χ2v) is 4.76. The maximum atomic E-state index is 5.63. The van der Waals surface area contributed by atoms with Crippen molar-refractivity contribution < 1.29 is 4.74 Å². The number of H-pyrrole nitrogens is 1. The molecule has 0 aliphatic carbocycles. The highest BCUT2D eigenvalue weighted by Gasteiger charge is 2.30. The minimum Gasteiger partial charge on any atom is -0.376 e. The summed E-state index contributed by atoms with van der Waals surface area (Å²) in [6.07, 6.45) is 2.85. The van der Waals surface area contributed by atoms with Gasteiger partial charge >= 0.3 is 0 Å². The van der Waals surface area contributed by atoms with Crippen molar-refractivity contribution in [3.05, 3.63) is 6.33 Å². The van der Waals surface area contributed by atoms with Gasteiger partial charge in [0.25, 0.3) is 0 Å². The number of rotatable bonds is 3. The van der Waals surface area contributed by atoms with Crippen molar-refractivity contribution in [2.24, 2.45) is 0 Å². The average Bonchev–Trinajstić information content (AvgIpc) is 3.04. The lowest BCUT2D eigenvalue weighted by molar-refractivity contribution is 0.118. The molecular formula is C12H18N6O. The summed E-state index contributed by atoms with van der Waals surface area (Å²) in [5.41, 5.74) is 1.54. The van der Waals surface area contributed by atoms with Crippen LogP contribution in [-0.2, 0) is 4.74 Å². The van der Waals surface area contributed by atoms with E-state index in [0.29, 0.717) is 17.6 Å². The van der Waals surface area contributed by atoms with E-state index in [0.717, 1.165) is 24.4 Å². The van der Waals surface area contributed by atoms with Gasteiger partial charge in [0.1, 0.15) is 5.52 Å². The Morgan fingerprint density at radius 2 is 2.32 bits per heavy atom. The fraction of sp³-hybridized carbons (Fsp3) is 0.583. The number of hydrogen-bond donors (Lipinski definition) is 2. The summed E-state index contributed by atoms with van der Waals surface area (Å²) in [6.45, 7) is 2.89. The second-order valence-electron chi connectivity index (χ2n) is 4.76. The van der Waals surface area contributed by atoms with Crippen LogP contribution in [0.4, 0.5) is 11.8 Å². The number of nitrogens with zero attached hydrogens (tertiary/aromatic N) is 4. The average molecular weight is 262 g/mol. The van der Waals surface area contributed by atoms with E-state index >= 15 is 0 Å². The molecule has 0 saturated carbocycles. The molecule has 2 unspecified atom stereocenters. The Balaban J connectivity index is 2.05. The summed E-state index contributed by atoms with van der Waals surface area (Å²) in [6, 6.07) is 0.325. The van der Waals surface area contributed by atoms with E-state index in [4.69, 9.17) is 4.74 Å². The minimum absolute atomic E-state index is 0.205. The summed E-state index contributed by atoms with van der Waals surface area (Å²) >= 11 is 0. The normalized spacial score (nSPS) is 22.9. The lowest BCUT2D eigenvalue weighted by Crippen LogP contribution is -2.37. The van der Waals surface area contributed by atoms with E-state index in [9.17, 15) is 0 Å². The molecule has 0 aromatic carbocycles. The first kappa shape index (κ1) is 12.2. The number of hydrogen-bond acceptors (Lipinski definition) is 6. The molecule has 102 valence electrons. The van der Waals surface area contributed by atoms with Crippen LogP contribution >= 0.6 is 0 Å². The number of fused-ring (bicyclic) bond motifs is 1. The topological polar surface area (TPSA) is 79.0 Å². The van der Waals surface area contributed by atoms with Crippen LogP contribution in [0.2, 0.25) is 0 Å². The smallest absolute Gasteiger partial charge is 0.226 e. The minimum atomic E-state index is 0.205. The van der Waals surface area contributed by atoms with Crippen molar-refractivity contribution in [2.75, 3.05) is 30.9 Å². The van der Waals surface area contributed by atoms with Crippen LogP contribution in [0.15, 0.2) is 6.33 Å². The SMILES string of the molecule is CNc1nc(N(C)C2CCOC2C)c2[nH]cnc2n1. The number of aromatic nitrogens is 4. The number of aromatic amines is 1. The molecule has 2 N–H and O–H groups in total. The Morgan fingerprint density at radius 3 is 3.00 bits per heavy atom. The molecule has 2 aromatic heterocycles. The predicted octanol–water partition coefficient (Wildman–Crippen LogP) is 1.01. The van der Waals surface area contributed by atoms with Gasteiger partial charge in [-0.1, -0.05) is 0 Å². The number of ether oxygens (including phenoxy) is 1. The lowest BCUT2D eigenvalue weighted by atomic mass is 10.1. The van der Waals surface area contributed by atoms with Crippen molar-refractivity contribution in [3.63, 3.8) is 0 Å². The fourth-order valence-corrected chi connectivity index (χ4v) is 2.57. The van der Waals surface area contributed by atoms with Gasteiger partial charge < -0.3 is 19.9 Å². The molecule has 7 heteroatoms. The van der Waals surface area contributed by atoms with Gasteiger partial charge in [0.2, 0.25) is 5.95 Å². The van der Waals surface area contributed by atoms with Gasteiger partial charge in [-0.15, -0.1) is 0 Å². The largest absolute Gasteiger partial charge is 0.376 e. The third kappa shape index (κ3) is 1.99. The number of imidazole rings is 1. The molecule has 3 heterocycles. The molecule has 0 spiro atoms. The van der Waals surface area contributed by atoms with Gasteiger partial charge in [-0.3, -0.25) is 0 Å². The molecule has 1 saturated heterocycles. The van der Waals surface area contributed by atoms with Crippen LogP contribution in [0.3, 0.4) is 0 Å². The third-order valence-electron chi connectivity index (χ3n) is 3.66. The highest BCUT2D eigenvalue weighted by atomic mass is 16.5. The van der Waals surface area contributed by atoms with E-state index < -0.39 is 0 Å². The first-order chi connectivity index (χ1) is 9.20. The zero-order valence-corrected chi connectivity index (χ0v) is 11.3. The molecule has 0 radical (unpaired) electrons. The third-order valence-corrected chi connectivity index (χ3v) is 3.66. The fourth-order valence-electron chi connectivity index (χ4n) is 2.57. The van der Waals surface area contributed by atoms with Crippen LogP contribution in [0.1, 0.15) is 13.3 Å². The summed E-state index contributed by atoms with van der Waals surface area (Å²) in [5, 5.41) is 2.97. The molecule has 1 aliphatic rings. The van der Waals surface area contributed by atoms with Crippen molar-refractivity contribution in [2.45, 2.75) is 25.5 Å². The highest BCUT2D eigenvalue weighted by Crippen LogP contribution is 2.27. The van der Waals surface area contributed by atoms with E-state index in [2.05, 4.69) is 37.1 Å². The standard InChI is InChI=1S/C12H18N6O/c1-7-8(4-5-19-7)18(3)11-9-10(15-6-14-9)16-12(13-2)17-11/h6-8H,4-5H2,1-3H3,(H2,13,14,15,16,17). The molecule has 0 bridgehead atoms. The summed E-state index contributed by atoms with van der Waals surface area (Å²) in [4.78, 5) is 18.3. The van der Waals surface area contributed by atoms with E-state index in [1.807, 2.05) is 7.05 Å². The van der Waals surface area contributed by atoms with Gasteiger partial charge in [-0.05, 0) is 13.3 Å². The quantitative estimate of drug-likeness (QED) is 0.859. The Kier molecular flexibility index (Phi) is 2.98. The number of nitrogens with one attached hydrogen (secondary N) is 2. The second kappa shape index (κ2) is 4.65. The van der Waals surface area contributed by atoms with Crippen LogP contribution in [0.25, 0.3) is 11.2 Å². The van der Waals surface area contributed by atoms with E-state index in [-0.39, 0.29) is 6.10 Å². The van der Waals surface area contributed by atoms with Crippen molar-refractivity contribution in [3.8, 4) is 0 Å². The summed E-state index contributed by atoms with van der Waals surface area (Å²) in [5.74, 6) is 1.43. The first-order valence-corrected chi connectivity index (χ1v) is 6.44. The molecule has 1 fully saturated rings. The molecule has 2 atom stereocenters. The molecular weight excluding hydrogens is 244 g/mol. The van der Waals surface area contributed by atoms with Crippen LogP contribution in [0.5, 0.6) is 0 Å². The van der Waals surface area contributed by atoms with Gasteiger partial charge in [0.05, 0.1) is 18.5 Å². The molecule has 1 aliphatic heterocycles. The predicted molar refractivity (Wildman–Crippen MR) is 73.5 cm³/mol. The highest BCUT2D eigenvalue weighted by molar-refractivity contribution is 5.84. The zero-order valence-electron chi connectivity index (χ0n) is 11.3. The molecule has 7 nitrogen and oxygen atoms in total. The molecule has 0 amide bonds. The maximum Gasteiger partial charge on any atom is 0.226 e. The van der Waals surface area contributed by atoms with Gasteiger partial charge in [0.15, 0.2) is 11.5 Å². The Morgan fingerprint density at radius 1 is 1.47 bits per heavy atom. The van der Waals surface area contributed by atoms with Gasteiger partial charge in [-0.2, -0.15) is 9.97 Å². The van der Waals surface area contributed by atoms with Crippen LogP contribution in [-0.4, -0.2) is 52.8 Å². The van der Waals surface area contributed by atoms with Crippen molar-refractivity contribution in [1.29, 1.82) is 0 Å². The number of anilines is 2. The maximum absolute atomic E-state index is 5.63. The Hall–Kier alpha value is -1.89. The zero-order chi connectivity index (χ0) is 13.4. The van der Waals surface area contributed by atoms with Crippen LogP contribution in [0, 0.1) is 0 Å². The number of likely N-dealkylation sites (N-methyl/N-ethyl adjacent to an activating group) is 1. The van der Waals surface area contributed by atoms with Crippen LogP contribution < -0.4 is 10.2 Å². The van der Waals surface area contributed by atoms with Crippen molar-refractivity contribution >= 4 is 22.9 Å². The van der Waals surface area contributed by atoms with E-state index in [1.165, 1.54) is 0 Å². The van der Waals surface area contributed by atoms with E-state index in [1.54, 1.807) is 13.4 Å². The summed E-state index contributed by atoms with van der Waals surface area (Å²) < 4.78 is 5.63. The molecule has 3 rings (SSSR count). The van der Waals surface area contributed by atoms with Crippen molar-refractivity contribution in [1.82, 2.24) is 19.9 Å². The Bertz CT molecular complexity index is 583. The monoisotopic (exact) mass is 262 g/mol.